The minimum atomic E-state index is -0.990. The van der Waals surface area contributed by atoms with Crippen LogP contribution in [0, 0.1) is 13.8 Å². The highest BCUT2D eigenvalue weighted by atomic mass is 35.5. The summed E-state index contributed by atoms with van der Waals surface area (Å²) in [5.41, 5.74) is 3.21. The van der Waals surface area contributed by atoms with Gasteiger partial charge in [-0.3, -0.25) is 0 Å². The van der Waals surface area contributed by atoms with Gasteiger partial charge >= 0.3 is 5.97 Å². The minimum Gasteiger partial charge on any atom is -0.478 e. The van der Waals surface area contributed by atoms with Crippen LogP contribution in [-0.2, 0) is 11.2 Å². The number of aliphatic carboxylic acids is 1. The molecule has 2 aromatic rings. The van der Waals surface area contributed by atoms with E-state index in [0.29, 0.717) is 17.2 Å². The Morgan fingerprint density at radius 1 is 1.24 bits per heavy atom. The molecule has 1 unspecified atom stereocenters. The number of hydrogen-bond acceptors (Lipinski definition) is 2. The molecule has 1 atom stereocenters. The third-order valence-corrected chi connectivity index (χ3v) is 3.71. The maximum Gasteiger partial charge on any atom is 0.345 e. The van der Waals surface area contributed by atoms with Gasteiger partial charge in [0.25, 0.3) is 0 Å². The first kappa shape index (κ1) is 15.4. The zero-order chi connectivity index (χ0) is 15.4. The van der Waals surface area contributed by atoms with Gasteiger partial charge in [0.05, 0.1) is 0 Å². The van der Waals surface area contributed by atoms with Crippen LogP contribution in [0.3, 0.4) is 0 Å². The third kappa shape index (κ3) is 3.99. The Hall–Kier alpha value is -2.00. The normalized spacial score (nSPS) is 12.0. The summed E-state index contributed by atoms with van der Waals surface area (Å²) in [6.07, 6.45) is -0.626. The van der Waals surface area contributed by atoms with Crippen LogP contribution in [0.15, 0.2) is 42.5 Å². The summed E-state index contributed by atoms with van der Waals surface area (Å²) in [6.45, 7) is 4.00. The van der Waals surface area contributed by atoms with Crippen molar-refractivity contribution >= 4 is 17.6 Å². The second kappa shape index (κ2) is 6.64. The van der Waals surface area contributed by atoms with Crippen LogP contribution in [0.1, 0.15) is 16.7 Å². The van der Waals surface area contributed by atoms with Gasteiger partial charge in [-0.1, -0.05) is 35.9 Å². The summed E-state index contributed by atoms with van der Waals surface area (Å²) in [5.74, 6) is -0.531. The predicted octanol–water partition coefficient (Wildman–Crippen LogP) is 4.03. The molecule has 0 spiro atoms. The Bertz CT molecular complexity index is 652. The number of halogens is 1. The van der Waals surface area contributed by atoms with Gasteiger partial charge in [-0.05, 0) is 48.7 Å². The van der Waals surface area contributed by atoms with Crippen LogP contribution in [0.4, 0.5) is 0 Å². The molecule has 0 fully saturated rings. The molecule has 0 heterocycles. The first-order valence-electron chi connectivity index (χ1n) is 6.67. The van der Waals surface area contributed by atoms with Crippen molar-refractivity contribution in [2.24, 2.45) is 0 Å². The number of carbonyl (C=O) groups is 1. The van der Waals surface area contributed by atoms with Gasteiger partial charge in [0.1, 0.15) is 5.75 Å². The fraction of sp³-hybridized carbons (Fsp3) is 0.235. The van der Waals surface area contributed by atoms with Gasteiger partial charge in [-0.2, -0.15) is 0 Å². The molecule has 3 nitrogen and oxygen atoms in total. The van der Waals surface area contributed by atoms with Crippen molar-refractivity contribution in [1.82, 2.24) is 0 Å². The summed E-state index contributed by atoms with van der Waals surface area (Å²) >= 11 is 5.89. The standard InChI is InChI=1S/C17H17ClO3/c1-11-5-3-6-13(12(11)2)9-16(17(19)20)21-15-8-4-7-14(18)10-15/h3-8,10,16H,9H2,1-2H3,(H,19,20). The lowest BCUT2D eigenvalue weighted by atomic mass is 9.98. The van der Waals surface area contributed by atoms with Gasteiger partial charge in [-0.15, -0.1) is 0 Å². The van der Waals surface area contributed by atoms with E-state index >= 15 is 0 Å². The Balaban J connectivity index is 2.20. The Morgan fingerprint density at radius 3 is 2.62 bits per heavy atom. The number of ether oxygens (including phenoxy) is 1. The summed E-state index contributed by atoms with van der Waals surface area (Å²) in [5, 5.41) is 9.88. The lowest BCUT2D eigenvalue weighted by Crippen LogP contribution is -2.29. The number of benzene rings is 2. The molecular weight excluding hydrogens is 288 g/mol. The maximum absolute atomic E-state index is 11.4. The van der Waals surface area contributed by atoms with Crippen molar-refractivity contribution in [2.75, 3.05) is 0 Å². The highest BCUT2D eigenvalue weighted by Gasteiger charge is 2.21. The molecule has 4 heteroatoms. The highest BCUT2D eigenvalue weighted by molar-refractivity contribution is 6.30. The van der Waals surface area contributed by atoms with Crippen molar-refractivity contribution in [1.29, 1.82) is 0 Å². The molecule has 0 aliphatic rings. The fourth-order valence-electron chi connectivity index (χ4n) is 2.12. The van der Waals surface area contributed by atoms with Gasteiger partial charge in [0.15, 0.2) is 6.10 Å². The van der Waals surface area contributed by atoms with Crippen LogP contribution in [0.25, 0.3) is 0 Å². The highest BCUT2D eigenvalue weighted by Crippen LogP contribution is 2.21. The average molecular weight is 305 g/mol. The minimum absolute atomic E-state index is 0.315. The monoisotopic (exact) mass is 304 g/mol. The molecule has 0 aliphatic carbocycles. The van der Waals surface area contributed by atoms with Crippen molar-refractivity contribution in [3.05, 3.63) is 64.2 Å². The van der Waals surface area contributed by atoms with Crippen LogP contribution in [0.5, 0.6) is 5.75 Å². The van der Waals surface area contributed by atoms with Crippen molar-refractivity contribution in [3.8, 4) is 5.75 Å². The van der Waals surface area contributed by atoms with E-state index in [1.54, 1.807) is 24.3 Å². The first-order chi connectivity index (χ1) is 9.97. The number of rotatable bonds is 5. The first-order valence-corrected chi connectivity index (χ1v) is 7.05. The molecule has 0 amide bonds. The second-order valence-electron chi connectivity index (χ2n) is 4.97. The van der Waals surface area contributed by atoms with E-state index in [2.05, 4.69) is 0 Å². The zero-order valence-electron chi connectivity index (χ0n) is 12.0. The molecule has 110 valence electrons. The molecule has 0 aromatic heterocycles. The summed E-state index contributed by atoms with van der Waals surface area (Å²) < 4.78 is 5.57. The van der Waals surface area contributed by atoms with Crippen molar-refractivity contribution in [3.63, 3.8) is 0 Å². The summed E-state index contributed by atoms with van der Waals surface area (Å²) in [4.78, 5) is 11.4. The molecule has 21 heavy (non-hydrogen) atoms. The van der Waals surface area contributed by atoms with Crippen LogP contribution in [0.2, 0.25) is 5.02 Å². The van der Waals surface area contributed by atoms with E-state index in [1.807, 2.05) is 32.0 Å². The van der Waals surface area contributed by atoms with Gasteiger partial charge < -0.3 is 9.84 Å². The van der Waals surface area contributed by atoms with Gasteiger partial charge in [0, 0.05) is 11.4 Å². The van der Waals surface area contributed by atoms with E-state index in [4.69, 9.17) is 16.3 Å². The quantitative estimate of drug-likeness (QED) is 0.907. The second-order valence-corrected chi connectivity index (χ2v) is 5.40. The van der Waals surface area contributed by atoms with Crippen LogP contribution < -0.4 is 4.74 Å². The molecule has 2 aromatic carbocycles. The van der Waals surface area contributed by atoms with E-state index in [0.717, 1.165) is 16.7 Å². The fourth-order valence-corrected chi connectivity index (χ4v) is 2.30. The van der Waals surface area contributed by atoms with E-state index in [1.165, 1.54) is 0 Å². The molecule has 0 saturated heterocycles. The van der Waals surface area contributed by atoms with E-state index in [-0.39, 0.29) is 0 Å². The molecule has 0 saturated carbocycles. The smallest absolute Gasteiger partial charge is 0.345 e. The Labute approximate surface area is 129 Å². The number of carboxylic acid groups (broad SMARTS) is 1. The van der Waals surface area contributed by atoms with Crippen LogP contribution in [-0.4, -0.2) is 17.2 Å². The third-order valence-electron chi connectivity index (χ3n) is 3.47. The molecule has 0 radical (unpaired) electrons. The molecule has 1 N–H and O–H groups in total. The lowest BCUT2D eigenvalue weighted by molar-refractivity contribution is -0.145. The number of carboxylic acids is 1. The molecular formula is C17H17ClO3. The van der Waals surface area contributed by atoms with Crippen molar-refractivity contribution in [2.45, 2.75) is 26.4 Å². The predicted molar refractivity (Wildman–Crippen MR) is 83.1 cm³/mol. The molecule has 2 rings (SSSR count). The number of hydrogen-bond donors (Lipinski definition) is 1. The number of aryl methyl sites for hydroxylation is 1. The zero-order valence-corrected chi connectivity index (χ0v) is 12.7. The van der Waals surface area contributed by atoms with Crippen LogP contribution >= 0.6 is 11.6 Å². The summed E-state index contributed by atoms with van der Waals surface area (Å²) in [7, 11) is 0. The maximum atomic E-state index is 11.4. The average Bonchev–Trinajstić information content (AvgIpc) is 2.43. The van der Waals surface area contributed by atoms with Crippen molar-refractivity contribution < 1.29 is 14.6 Å². The van der Waals surface area contributed by atoms with Gasteiger partial charge in [0.2, 0.25) is 0 Å². The molecule has 0 bridgehead atoms. The SMILES string of the molecule is Cc1cccc(CC(Oc2cccc(Cl)c2)C(=O)O)c1C. The Kier molecular flexibility index (Phi) is 4.86. The van der Waals surface area contributed by atoms with E-state index in [9.17, 15) is 9.90 Å². The van der Waals surface area contributed by atoms with Gasteiger partial charge in [-0.25, -0.2) is 4.79 Å². The lowest BCUT2D eigenvalue weighted by Gasteiger charge is -2.17. The summed E-state index contributed by atoms with van der Waals surface area (Å²) in [6, 6.07) is 12.6. The Morgan fingerprint density at radius 2 is 1.95 bits per heavy atom. The largest absolute Gasteiger partial charge is 0.478 e. The van der Waals surface area contributed by atoms with E-state index < -0.39 is 12.1 Å². The molecule has 0 aliphatic heterocycles. The topological polar surface area (TPSA) is 46.5 Å².